The normalized spacial score (nSPS) is 28.2. The number of aliphatic hydroxyl groups excluding tert-OH is 2. The van der Waals surface area contributed by atoms with Crippen molar-refractivity contribution in [3.05, 3.63) is 47.5 Å². The Morgan fingerprint density at radius 2 is 1.84 bits per heavy atom. The fourth-order valence-corrected chi connectivity index (χ4v) is 5.83. The smallest absolute Gasteiger partial charge is 0.303 e. The Morgan fingerprint density at radius 1 is 1.13 bits per heavy atom. The molecule has 3 rings (SSSR count). The van der Waals surface area contributed by atoms with Gasteiger partial charge in [0.25, 0.3) is 0 Å². The number of unbranched alkanes of at least 4 members (excludes halogenated alkanes) is 1. The number of aliphatic hydroxyl groups is 2. The van der Waals surface area contributed by atoms with E-state index in [0.717, 1.165) is 30.4 Å². The molecule has 2 aliphatic rings. The van der Waals surface area contributed by atoms with Crippen LogP contribution in [0.25, 0.3) is 0 Å². The number of carboxylic acids is 1. The van der Waals surface area contributed by atoms with Gasteiger partial charge in [0, 0.05) is 17.7 Å². The second-order valence-electron chi connectivity index (χ2n) is 9.42. The molecule has 0 amide bonds. The number of alkyl halides is 1. The van der Waals surface area contributed by atoms with Crippen molar-refractivity contribution < 1.29 is 20.1 Å². The van der Waals surface area contributed by atoms with Crippen molar-refractivity contribution in [2.45, 2.75) is 94.1 Å². The Labute approximate surface area is 191 Å². The summed E-state index contributed by atoms with van der Waals surface area (Å²) >= 11 is 6.58. The molecule has 0 aliphatic heterocycles. The zero-order valence-corrected chi connectivity index (χ0v) is 19.1. The maximum atomic E-state index is 10.7. The van der Waals surface area contributed by atoms with Crippen LogP contribution in [0.1, 0.15) is 93.8 Å². The highest BCUT2D eigenvalue weighted by Crippen LogP contribution is 2.45. The third-order valence-corrected chi connectivity index (χ3v) is 7.63. The maximum absolute atomic E-state index is 10.7. The topological polar surface area (TPSA) is 77.8 Å². The van der Waals surface area contributed by atoms with Crippen LogP contribution in [-0.2, 0) is 4.79 Å². The number of hydrogen-bond donors (Lipinski definition) is 3. The van der Waals surface area contributed by atoms with E-state index in [1.807, 2.05) is 30.3 Å². The highest BCUT2D eigenvalue weighted by Gasteiger charge is 2.41. The molecule has 31 heavy (non-hydrogen) atoms. The molecule has 5 heteroatoms. The number of carbonyl (C=O) groups is 1. The van der Waals surface area contributed by atoms with E-state index in [2.05, 4.69) is 6.08 Å². The Hall–Kier alpha value is -1.36. The minimum atomic E-state index is -0.763. The third kappa shape index (κ3) is 7.06. The average molecular weight is 449 g/mol. The minimum Gasteiger partial charge on any atom is -0.481 e. The van der Waals surface area contributed by atoms with Crippen LogP contribution in [-0.4, -0.2) is 32.8 Å². The molecule has 1 aromatic rings. The molecule has 2 fully saturated rings. The fraction of sp³-hybridized carbons (Fsp3) is 0.654. The van der Waals surface area contributed by atoms with Crippen molar-refractivity contribution in [3.8, 4) is 0 Å². The van der Waals surface area contributed by atoms with Crippen LogP contribution in [0.4, 0.5) is 0 Å². The Morgan fingerprint density at radius 3 is 2.52 bits per heavy atom. The molecule has 0 saturated heterocycles. The van der Waals surface area contributed by atoms with Crippen molar-refractivity contribution in [2.24, 2.45) is 11.8 Å². The number of hydrogen-bond acceptors (Lipinski definition) is 3. The summed E-state index contributed by atoms with van der Waals surface area (Å²) in [5.74, 6) is -0.00892. The van der Waals surface area contributed by atoms with Crippen molar-refractivity contribution >= 4 is 17.6 Å². The molecule has 0 bridgehead atoms. The predicted octanol–water partition coefficient (Wildman–Crippen LogP) is 5.96. The molecule has 1 aromatic carbocycles. The molecule has 172 valence electrons. The Kier molecular flexibility index (Phi) is 9.43. The van der Waals surface area contributed by atoms with Crippen molar-refractivity contribution in [1.29, 1.82) is 0 Å². The van der Waals surface area contributed by atoms with Gasteiger partial charge < -0.3 is 15.3 Å². The first-order valence-corrected chi connectivity index (χ1v) is 12.4. The molecule has 0 spiro atoms. The van der Waals surface area contributed by atoms with Gasteiger partial charge in [-0.2, -0.15) is 0 Å². The van der Waals surface area contributed by atoms with Crippen LogP contribution >= 0.6 is 11.6 Å². The molecule has 5 atom stereocenters. The SMILES string of the molecule is O=C(O)CCCC=CC[C@@H]1[C@@H](c2ccc(C(O)CC3CCCCC3)cc2)[C@H](O)C[C@H]1Cl. The number of halogens is 1. The van der Waals surface area contributed by atoms with Gasteiger partial charge in [-0.15, -0.1) is 11.6 Å². The van der Waals surface area contributed by atoms with E-state index in [-0.39, 0.29) is 23.6 Å². The van der Waals surface area contributed by atoms with Crippen LogP contribution in [0.5, 0.6) is 0 Å². The number of aliphatic carboxylic acids is 1. The lowest BCUT2D eigenvalue weighted by molar-refractivity contribution is -0.137. The highest BCUT2D eigenvalue weighted by molar-refractivity contribution is 6.21. The molecular weight excluding hydrogens is 412 g/mol. The van der Waals surface area contributed by atoms with E-state index < -0.39 is 18.2 Å². The van der Waals surface area contributed by atoms with Crippen molar-refractivity contribution in [3.63, 3.8) is 0 Å². The van der Waals surface area contributed by atoms with Gasteiger partial charge in [0.1, 0.15) is 0 Å². The van der Waals surface area contributed by atoms with Gasteiger partial charge in [0.05, 0.1) is 12.2 Å². The molecule has 0 aromatic heterocycles. The zero-order chi connectivity index (χ0) is 22.2. The largest absolute Gasteiger partial charge is 0.481 e. The van der Waals surface area contributed by atoms with E-state index in [4.69, 9.17) is 16.7 Å². The molecular formula is C26H37ClO4. The minimum absolute atomic E-state index is 0.0179. The van der Waals surface area contributed by atoms with Gasteiger partial charge in [-0.3, -0.25) is 4.79 Å². The number of allylic oxidation sites excluding steroid dienone is 2. The highest BCUT2D eigenvalue weighted by atomic mass is 35.5. The summed E-state index contributed by atoms with van der Waals surface area (Å²) in [5.41, 5.74) is 2.03. The van der Waals surface area contributed by atoms with Crippen LogP contribution in [0.2, 0.25) is 0 Å². The van der Waals surface area contributed by atoms with E-state index in [9.17, 15) is 15.0 Å². The van der Waals surface area contributed by atoms with Crippen LogP contribution in [0.15, 0.2) is 36.4 Å². The number of carboxylic acid groups (broad SMARTS) is 1. The monoisotopic (exact) mass is 448 g/mol. The molecule has 4 nitrogen and oxygen atoms in total. The van der Waals surface area contributed by atoms with Gasteiger partial charge in [-0.25, -0.2) is 0 Å². The number of benzene rings is 1. The second-order valence-corrected chi connectivity index (χ2v) is 9.98. The van der Waals surface area contributed by atoms with Gasteiger partial charge >= 0.3 is 5.97 Å². The van der Waals surface area contributed by atoms with Crippen molar-refractivity contribution in [1.82, 2.24) is 0 Å². The van der Waals surface area contributed by atoms with E-state index in [1.165, 1.54) is 32.1 Å². The van der Waals surface area contributed by atoms with E-state index in [1.54, 1.807) is 0 Å². The third-order valence-electron chi connectivity index (χ3n) is 7.13. The van der Waals surface area contributed by atoms with Gasteiger partial charge in [-0.1, -0.05) is 68.5 Å². The lowest BCUT2D eigenvalue weighted by Crippen LogP contribution is -2.18. The molecule has 0 radical (unpaired) electrons. The van der Waals surface area contributed by atoms with E-state index in [0.29, 0.717) is 18.8 Å². The zero-order valence-electron chi connectivity index (χ0n) is 18.3. The molecule has 0 heterocycles. The summed E-state index contributed by atoms with van der Waals surface area (Å²) in [7, 11) is 0. The first-order valence-electron chi connectivity index (χ1n) is 11.9. The summed E-state index contributed by atoms with van der Waals surface area (Å²) in [6, 6.07) is 8.11. The van der Waals surface area contributed by atoms with Crippen LogP contribution < -0.4 is 0 Å². The summed E-state index contributed by atoms with van der Waals surface area (Å²) in [6.45, 7) is 0. The summed E-state index contributed by atoms with van der Waals surface area (Å²) in [4.78, 5) is 10.6. The molecule has 2 aliphatic carbocycles. The second kappa shape index (κ2) is 12.0. The molecule has 3 N–H and O–H groups in total. The molecule has 1 unspecified atom stereocenters. The standard InChI is InChI=1S/C26H37ClO4/c27-22-17-24(29)26(21(22)10-6-1-2-7-11-25(30)31)20-14-12-19(13-15-20)23(28)16-18-8-4-3-5-9-18/h1,6,12-15,18,21-24,26,28-29H,2-5,7-11,16-17H2,(H,30,31)/t21-,22+,23?,24+,26+/m0/s1. The summed E-state index contributed by atoms with van der Waals surface area (Å²) in [5, 5.41) is 30.0. The lowest BCUT2D eigenvalue weighted by Gasteiger charge is -2.25. The first kappa shape index (κ1) is 24.3. The Bertz CT molecular complexity index is 711. The Balaban J connectivity index is 1.58. The van der Waals surface area contributed by atoms with Gasteiger partial charge in [-0.05, 0) is 55.1 Å². The van der Waals surface area contributed by atoms with Crippen molar-refractivity contribution in [2.75, 3.05) is 0 Å². The average Bonchev–Trinajstić information content (AvgIpc) is 3.04. The summed E-state index contributed by atoms with van der Waals surface area (Å²) in [6.07, 6.45) is 13.3. The van der Waals surface area contributed by atoms with Gasteiger partial charge in [0.2, 0.25) is 0 Å². The number of rotatable bonds is 10. The maximum Gasteiger partial charge on any atom is 0.303 e. The first-order chi connectivity index (χ1) is 15.0. The van der Waals surface area contributed by atoms with Crippen LogP contribution in [0, 0.1) is 11.8 Å². The van der Waals surface area contributed by atoms with Gasteiger partial charge in [0.15, 0.2) is 0 Å². The fourth-order valence-electron chi connectivity index (χ4n) is 5.38. The molecule has 2 saturated carbocycles. The van der Waals surface area contributed by atoms with E-state index >= 15 is 0 Å². The lowest BCUT2D eigenvalue weighted by atomic mass is 9.83. The van der Waals surface area contributed by atoms with Crippen LogP contribution in [0.3, 0.4) is 0 Å². The predicted molar refractivity (Wildman–Crippen MR) is 124 cm³/mol. The quantitative estimate of drug-likeness (QED) is 0.234. The summed E-state index contributed by atoms with van der Waals surface area (Å²) < 4.78 is 0.